The molecule has 0 spiro atoms. The highest BCUT2D eigenvalue weighted by molar-refractivity contribution is 7.89. The average Bonchev–Trinajstić information content (AvgIpc) is 2.90. The second-order valence-electron chi connectivity index (χ2n) is 5.49. The zero-order valence-corrected chi connectivity index (χ0v) is 14.0. The number of primary amides is 1. The fraction of sp³-hybridized carbons (Fsp3) is 0.571. The molecule has 0 radical (unpaired) electrons. The Kier molecular flexibility index (Phi) is 5.10. The van der Waals surface area contributed by atoms with Crippen LogP contribution < -0.4 is 5.73 Å². The lowest BCUT2D eigenvalue weighted by molar-refractivity contribution is -0.149. The number of carbonyl (C=O) groups is 2. The third-order valence-corrected chi connectivity index (χ3v) is 5.70. The Bertz CT molecular complexity index is 710. The molecule has 1 fully saturated rings. The van der Waals surface area contributed by atoms with Crippen molar-refractivity contribution in [2.24, 2.45) is 18.7 Å². The molecule has 1 aliphatic rings. The first-order valence-corrected chi connectivity index (χ1v) is 8.84. The molecule has 0 aromatic carbocycles. The molecule has 0 saturated carbocycles. The molecular weight excluding hydrogens is 322 g/mol. The van der Waals surface area contributed by atoms with E-state index in [1.165, 1.54) is 21.1 Å². The van der Waals surface area contributed by atoms with Gasteiger partial charge in [-0.3, -0.25) is 9.59 Å². The van der Waals surface area contributed by atoms with Gasteiger partial charge in [0.15, 0.2) is 0 Å². The van der Waals surface area contributed by atoms with Crippen LogP contribution in [0.2, 0.25) is 0 Å². The number of hydrogen-bond acceptors (Lipinski definition) is 5. The van der Waals surface area contributed by atoms with Crippen LogP contribution in [0.5, 0.6) is 0 Å². The number of rotatable bonds is 5. The minimum absolute atomic E-state index is 0.00157. The number of nitrogens with zero attached hydrogens (tertiary/aromatic N) is 2. The minimum Gasteiger partial charge on any atom is -0.466 e. The van der Waals surface area contributed by atoms with Gasteiger partial charge in [0, 0.05) is 26.3 Å². The molecule has 1 atom stereocenters. The van der Waals surface area contributed by atoms with Crippen LogP contribution in [0.3, 0.4) is 0 Å². The number of nitrogens with two attached hydrogens (primary N) is 1. The number of carbonyl (C=O) groups excluding carboxylic acids is 2. The highest BCUT2D eigenvalue weighted by Crippen LogP contribution is 2.25. The van der Waals surface area contributed by atoms with E-state index in [9.17, 15) is 18.0 Å². The zero-order chi connectivity index (χ0) is 17.2. The number of aromatic nitrogens is 1. The van der Waals surface area contributed by atoms with Crippen molar-refractivity contribution in [3.8, 4) is 0 Å². The van der Waals surface area contributed by atoms with Crippen LogP contribution in [0.4, 0.5) is 0 Å². The first kappa shape index (κ1) is 17.5. The van der Waals surface area contributed by atoms with Gasteiger partial charge >= 0.3 is 5.97 Å². The first-order valence-electron chi connectivity index (χ1n) is 7.40. The Morgan fingerprint density at radius 1 is 1.43 bits per heavy atom. The van der Waals surface area contributed by atoms with Crippen LogP contribution in [0, 0.1) is 5.92 Å². The quantitative estimate of drug-likeness (QED) is 0.762. The zero-order valence-electron chi connectivity index (χ0n) is 13.2. The predicted molar refractivity (Wildman–Crippen MR) is 82.0 cm³/mol. The van der Waals surface area contributed by atoms with E-state index in [0.29, 0.717) is 19.4 Å². The number of piperidine rings is 1. The Labute approximate surface area is 135 Å². The van der Waals surface area contributed by atoms with Crippen molar-refractivity contribution >= 4 is 21.9 Å². The van der Waals surface area contributed by atoms with Crippen molar-refractivity contribution in [3.05, 3.63) is 18.0 Å². The Morgan fingerprint density at radius 3 is 2.70 bits per heavy atom. The van der Waals surface area contributed by atoms with E-state index in [1.54, 1.807) is 14.0 Å². The van der Waals surface area contributed by atoms with E-state index in [-0.39, 0.29) is 29.7 Å². The van der Waals surface area contributed by atoms with Gasteiger partial charge in [0.2, 0.25) is 10.0 Å². The number of ether oxygens (including phenoxy) is 1. The summed E-state index contributed by atoms with van der Waals surface area (Å²) in [5.74, 6) is -1.53. The molecule has 2 rings (SSSR count). The number of esters is 1. The number of sulfonamides is 1. The Hall–Kier alpha value is -1.87. The molecule has 0 aliphatic carbocycles. The van der Waals surface area contributed by atoms with Gasteiger partial charge in [0.25, 0.3) is 5.91 Å². The lowest BCUT2D eigenvalue weighted by atomic mass is 10.0. The molecule has 128 valence electrons. The SMILES string of the molecule is CCOC(=O)[C@H]1CCCN(S(=O)(=O)c2cc(C(N)=O)n(C)c2)C1. The lowest BCUT2D eigenvalue weighted by Gasteiger charge is -2.30. The molecule has 1 aromatic rings. The van der Waals surface area contributed by atoms with Crippen LogP contribution >= 0.6 is 0 Å². The van der Waals surface area contributed by atoms with Crippen LogP contribution in [-0.4, -0.2) is 48.9 Å². The molecule has 1 aliphatic heterocycles. The van der Waals surface area contributed by atoms with Crippen molar-refractivity contribution in [2.75, 3.05) is 19.7 Å². The van der Waals surface area contributed by atoms with Gasteiger partial charge in [-0.05, 0) is 25.8 Å². The maximum absolute atomic E-state index is 12.7. The third-order valence-electron chi connectivity index (χ3n) is 3.87. The van der Waals surface area contributed by atoms with Crippen LogP contribution in [0.1, 0.15) is 30.3 Å². The summed E-state index contributed by atoms with van der Waals surface area (Å²) in [5.41, 5.74) is 5.33. The summed E-state index contributed by atoms with van der Waals surface area (Å²) in [5, 5.41) is 0. The highest BCUT2D eigenvalue weighted by atomic mass is 32.2. The van der Waals surface area contributed by atoms with Gasteiger partial charge in [-0.25, -0.2) is 8.42 Å². The summed E-state index contributed by atoms with van der Waals surface area (Å²) in [6.45, 7) is 2.40. The van der Waals surface area contributed by atoms with Crippen LogP contribution in [0.25, 0.3) is 0 Å². The number of aryl methyl sites for hydroxylation is 1. The standard InChI is InChI=1S/C14H21N3O5S/c1-3-22-14(19)10-5-4-6-17(8-10)23(20,21)11-7-12(13(15)18)16(2)9-11/h7,9-10H,3-6,8H2,1-2H3,(H2,15,18)/t10-/m0/s1. The highest BCUT2D eigenvalue weighted by Gasteiger charge is 2.34. The second kappa shape index (κ2) is 6.71. The largest absolute Gasteiger partial charge is 0.466 e. The molecule has 0 unspecified atom stereocenters. The smallest absolute Gasteiger partial charge is 0.310 e. The summed E-state index contributed by atoms with van der Waals surface area (Å²) in [4.78, 5) is 23.1. The monoisotopic (exact) mass is 343 g/mol. The fourth-order valence-corrected chi connectivity index (χ4v) is 4.28. The normalized spacial score (nSPS) is 19.5. The lowest BCUT2D eigenvalue weighted by Crippen LogP contribution is -2.42. The van der Waals surface area contributed by atoms with Gasteiger partial charge in [-0.15, -0.1) is 0 Å². The second-order valence-corrected chi connectivity index (χ2v) is 7.43. The van der Waals surface area contributed by atoms with Gasteiger partial charge in [0.1, 0.15) is 10.6 Å². The summed E-state index contributed by atoms with van der Waals surface area (Å²) in [7, 11) is -2.23. The van der Waals surface area contributed by atoms with E-state index in [4.69, 9.17) is 10.5 Å². The van der Waals surface area contributed by atoms with E-state index in [1.807, 2.05) is 0 Å². The minimum atomic E-state index is -3.78. The number of hydrogen-bond donors (Lipinski definition) is 1. The molecule has 0 bridgehead atoms. The fourth-order valence-electron chi connectivity index (χ4n) is 2.68. The summed E-state index contributed by atoms with van der Waals surface area (Å²) in [6.07, 6.45) is 2.54. The molecular formula is C14H21N3O5S. The van der Waals surface area contributed by atoms with Gasteiger partial charge in [-0.2, -0.15) is 4.31 Å². The summed E-state index contributed by atoms with van der Waals surface area (Å²) in [6, 6.07) is 1.26. The first-order chi connectivity index (χ1) is 10.8. The van der Waals surface area contributed by atoms with Crippen LogP contribution in [0.15, 0.2) is 17.2 Å². The van der Waals surface area contributed by atoms with Gasteiger partial charge < -0.3 is 15.0 Å². The average molecular weight is 343 g/mol. The Morgan fingerprint density at radius 2 is 2.13 bits per heavy atom. The van der Waals surface area contributed by atoms with Crippen molar-refractivity contribution in [2.45, 2.75) is 24.7 Å². The van der Waals surface area contributed by atoms with Crippen molar-refractivity contribution in [3.63, 3.8) is 0 Å². The van der Waals surface area contributed by atoms with Gasteiger partial charge in [0.05, 0.1) is 12.5 Å². The van der Waals surface area contributed by atoms with Crippen molar-refractivity contribution in [1.82, 2.24) is 8.87 Å². The Balaban J connectivity index is 2.23. The van der Waals surface area contributed by atoms with Crippen LogP contribution in [-0.2, 0) is 26.6 Å². The molecule has 2 heterocycles. The molecule has 23 heavy (non-hydrogen) atoms. The van der Waals surface area contributed by atoms with E-state index >= 15 is 0 Å². The number of amides is 1. The molecule has 2 N–H and O–H groups in total. The van der Waals surface area contributed by atoms with Gasteiger partial charge in [-0.1, -0.05) is 0 Å². The van der Waals surface area contributed by atoms with E-state index in [2.05, 4.69) is 0 Å². The summed E-state index contributed by atoms with van der Waals surface area (Å²) < 4.78 is 33.0. The van der Waals surface area contributed by atoms with E-state index in [0.717, 1.165) is 0 Å². The maximum Gasteiger partial charge on any atom is 0.310 e. The molecule has 9 heteroatoms. The molecule has 1 amide bonds. The van der Waals surface area contributed by atoms with Crippen molar-refractivity contribution in [1.29, 1.82) is 0 Å². The summed E-state index contributed by atoms with van der Waals surface area (Å²) >= 11 is 0. The maximum atomic E-state index is 12.7. The van der Waals surface area contributed by atoms with E-state index < -0.39 is 21.8 Å². The predicted octanol–water partition coefficient (Wildman–Crippen LogP) is 0.0878. The molecule has 1 aromatic heterocycles. The van der Waals surface area contributed by atoms with Crippen molar-refractivity contribution < 1.29 is 22.7 Å². The topological polar surface area (TPSA) is 112 Å². The third kappa shape index (κ3) is 3.56. The molecule has 1 saturated heterocycles. The molecule has 8 nitrogen and oxygen atoms in total.